The van der Waals surface area contributed by atoms with Gasteiger partial charge in [0.25, 0.3) is 0 Å². The van der Waals surface area contributed by atoms with E-state index in [9.17, 15) is 9.18 Å². The van der Waals surface area contributed by atoms with Crippen molar-refractivity contribution in [1.82, 2.24) is 4.90 Å². The van der Waals surface area contributed by atoms with Crippen LogP contribution >= 0.6 is 0 Å². The maximum atomic E-state index is 14.2. The van der Waals surface area contributed by atoms with E-state index >= 15 is 0 Å². The fraction of sp³-hybridized carbons (Fsp3) is 0.588. The summed E-state index contributed by atoms with van der Waals surface area (Å²) in [6, 6.07) is 4.60. The summed E-state index contributed by atoms with van der Waals surface area (Å²) in [5.41, 5.74) is -0.186. The Morgan fingerprint density at radius 2 is 2.00 bits per heavy atom. The van der Waals surface area contributed by atoms with E-state index in [0.717, 1.165) is 38.8 Å². The van der Waals surface area contributed by atoms with Gasteiger partial charge in [-0.05, 0) is 64.8 Å². The average molecular weight is 306 g/mol. The van der Waals surface area contributed by atoms with E-state index < -0.39 is 11.4 Å². The first-order chi connectivity index (χ1) is 10.5. The number of halogens is 1. The molecule has 2 saturated heterocycles. The zero-order chi connectivity index (χ0) is 15.7. The van der Waals surface area contributed by atoms with E-state index in [1.165, 1.54) is 6.07 Å². The first kappa shape index (κ1) is 15.3. The van der Waals surface area contributed by atoms with E-state index in [-0.39, 0.29) is 17.7 Å². The number of rotatable bonds is 4. The van der Waals surface area contributed by atoms with E-state index in [1.807, 2.05) is 13.8 Å². The van der Waals surface area contributed by atoms with Crippen molar-refractivity contribution in [2.75, 3.05) is 18.4 Å². The normalized spacial score (nSPS) is 20.2. The maximum Gasteiger partial charge on any atom is 0.244 e. The number of ether oxygens (including phenoxy) is 1. The summed E-state index contributed by atoms with van der Waals surface area (Å²) in [6.45, 7) is 5.72. The van der Waals surface area contributed by atoms with Crippen LogP contribution in [0.5, 0.6) is 5.75 Å². The van der Waals surface area contributed by atoms with E-state index in [2.05, 4.69) is 10.2 Å². The lowest BCUT2D eigenvalue weighted by atomic mass is 9.93. The van der Waals surface area contributed by atoms with Gasteiger partial charge in [0.2, 0.25) is 5.91 Å². The molecule has 0 atom stereocenters. The van der Waals surface area contributed by atoms with Crippen molar-refractivity contribution in [3.63, 3.8) is 0 Å². The largest absolute Gasteiger partial charge is 0.491 e. The molecule has 3 rings (SSSR count). The van der Waals surface area contributed by atoms with Gasteiger partial charge in [-0.15, -0.1) is 0 Å². The monoisotopic (exact) mass is 306 g/mol. The van der Waals surface area contributed by atoms with Gasteiger partial charge in [0.05, 0.1) is 11.8 Å². The standard InChI is InChI=1S/C17H23FN2O2/c1-12(2)22-13-5-6-15(14(18)11-13)19-16(21)17-7-3-9-20(17)10-4-8-17/h5-6,11-12H,3-4,7-10H2,1-2H3,(H,19,21). The summed E-state index contributed by atoms with van der Waals surface area (Å²) in [7, 11) is 0. The molecule has 120 valence electrons. The lowest BCUT2D eigenvalue weighted by Gasteiger charge is -2.30. The van der Waals surface area contributed by atoms with Crippen molar-refractivity contribution in [3.05, 3.63) is 24.0 Å². The van der Waals surface area contributed by atoms with Crippen molar-refractivity contribution in [1.29, 1.82) is 0 Å². The third kappa shape index (κ3) is 2.70. The molecular weight excluding hydrogens is 283 g/mol. The second-order valence-corrected chi connectivity index (χ2v) is 6.49. The van der Waals surface area contributed by atoms with E-state index in [1.54, 1.807) is 12.1 Å². The molecular formula is C17H23FN2O2. The molecule has 0 radical (unpaired) electrons. The van der Waals surface area contributed by atoms with Crippen molar-refractivity contribution in [2.24, 2.45) is 0 Å². The van der Waals surface area contributed by atoms with Gasteiger partial charge >= 0.3 is 0 Å². The smallest absolute Gasteiger partial charge is 0.244 e. The van der Waals surface area contributed by atoms with Crippen LogP contribution < -0.4 is 10.1 Å². The Morgan fingerprint density at radius 3 is 2.59 bits per heavy atom. The van der Waals surface area contributed by atoms with Crippen LogP contribution in [0.1, 0.15) is 39.5 Å². The first-order valence-electron chi connectivity index (χ1n) is 8.04. The summed E-state index contributed by atoms with van der Waals surface area (Å²) in [5.74, 6) is -0.0450. The van der Waals surface area contributed by atoms with Gasteiger partial charge in [-0.1, -0.05) is 0 Å². The summed E-state index contributed by atoms with van der Waals surface area (Å²) >= 11 is 0. The number of nitrogens with zero attached hydrogens (tertiary/aromatic N) is 1. The van der Waals surface area contributed by atoms with E-state index in [4.69, 9.17) is 4.74 Å². The molecule has 1 amide bonds. The molecule has 0 aliphatic carbocycles. The van der Waals surface area contributed by atoms with Gasteiger partial charge in [-0.2, -0.15) is 0 Å². The quantitative estimate of drug-likeness (QED) is 0.929. The van der Waals surface area contributed by atoms with Crippen LogP contribution in [-0.4, -0.2) is 35.5 Å². The molecule has 2 heterocycles. The minimum atomic E-state index is -0.453. The molecule has 0 unspecified atom stereocenters. The first-order valence-corrected chi connectivity index (χ1v) is 8.04. The maximum absolute atomic E-state index is 14.2. The fourth-order valence-electron chi connectivity index (χ4n) is 3.66. The molecule has 0 bridgehead atoms. The Balaban J connectivity index is 1.74. The number of fused-ring (bicyclic) bond motifs is 1. The van der Waals surface area contributed by atoms with Gasteiger partial charge < -0.3 is 10.1 Å². The number of nitrogens with one attached hydrogen (secondary N) is 1. The SMILES string of the molecule is CC(C)Oc1ccc(NC(=O)C23CCCN2CCC3)c(F)c1. The molecule has 1 N–H and O–H groups in total. The van der Waals surface area contributed by atoms with Gasteiger partial charge in [-0.3, -0.25) is 9.69 Å². The number of benzene rings is 1. The van der Waals surface area contributed by atoms with Crippen molar-refractivity contribution in [2.45, 2.75) is 51.2 Å². The number of amides is 1. The van der Waals surface area contributed by atoms with Crippen molar-refractivity contribution < 1.29 is 13.9 Å². The zero-order valence-electron chi connectivity index (χ0n) is 13.2. The predicted octanol–water partition coefficient (Wildman–Crippen LogP) is 3.18. The van der Waals surface area contributed by atoms with Gasteiger partial charge in [-0.25, -0.2) is 4.39 Å². The van der Waals surface area contributed by atoms with Gasteiger partial charge in [0.1, 0.15) is 17.1 Å². The Kier molecular flexibility index (Phi) is 4.08. The Hall–Kier alpha value is -1.62. The Labute approximate surface area is 130 Å². The Bertz CT molecular complexity index is 564. The molecule has 1 aromatic carbocycles. The summed E-state index contributed by atoms with van der Waals surface area (Å²) in [4.78, 5) is 14.9. The third-order valence-electron chi connectivity index (χ3n) is 4.63. The van der Waals surface area contributed by atoms with Gasteiger partial charge in [0.15, 0.2) is 0 Å². The van der Waals surface area contributed by atoms with Crippen LogP contribution in [0.2, 0.25) is 0 Å². The average Bonchev–Trinajstić information content (AvgIpc) is 3.01. The van der Waals surface area contributed by atoms with Crippen LogP contribution in [0.3, 0.4) is 0 Å². The van der Waals surface area contributed by atoms with Crippen LogP contribution in [0.25, 0.3) is 0 Å². The minimum Gasteiger partial charge on any atom is -0.491 e. The van der Waals surface area contributed by atoms with Crippen LogP contribution in [0.15, 0.2) is 18.2 Å². The second kappa shape index (κ2) is 5.88. The van der Waals surface area contributed by atoms with Crippen LogP contribution in [0, 0.1) is 5.82 Å². The molecule has 2 fully saturated rings. The highest BCUT2D eigenvalue weighted by atomic mass is 19.1. The minimum absolute atomic E-state index is 0.00994. The molecule has 0 saturated carbocycles. The molecule has 0 spiro atoms. The fourth-order valence-corrected chi connectivity index (χ4v) is 3.66. The van der Waals surface area contributed by atoms with E-state index in [0.29, 0.717) is 5.75 Å². The molecule has 1 aromatic rings. The zero-order valence-corrected chi connectivity index (χ0v) is 13.2. The number of carbonyl (C=O) groups excluding carboxylic acids is 1. The Morgan fingerprint density at radius 1 is 1.32 bits per heavy atom. The number of anilines is 1. The molecule has 0 aromatic heterocycles. The lowest BCUT2D eigenvalue weighted by molar-refractivity contribution is -0.125. The molecule has 2 aliphatic heterocycles. The number of hydrogen-bond donors (Lipinski definition) is 1. The molecule has 4 nitrogen and oxygen atoms in total. The summed E-state index contributed by atoms with van der Waals surface area (Å²) in [6.07, 6.45) is 3.81. The lowest BCUT2D eigenvalue weighted by Crippen LogP contribution is -2.49. The number of hydrogen-bond acceptors (Lipinski definition) is 3. The molecule has 2 aliphatic rings. The van der Waals surface area contributed by atoms with Crippen molar-refractivity contribution in [3.8, 4) is 5.75 Å². The summed E-state index contributed by atoms with van der Waals surface area (Å²) in [5, 5.41) is 2.78. The second-order valence-electron chi connectivity index (χ2n) is 6.49. The van der Waals surface area contributed by atoms with Crippen molar-refractivity contribution >= 4 is 11.6 Å². The topological polar surface area (TPSA) is 41.6 Å². The number of carbonyl (C=O) groups is 1. The summed E-state index contributed by atoms with van der Waals surface area (Å²) < 4.78 is 19.6. The van der Waals surface area contributed by atoms with Crippen LogP contribution in [0.4, 0.5) is 10.1 Å². The van der Waals surface area contributed by atoms with Crippen LogP contribution in [-0.2, 0) is 4.79 Å². The molecule has 5 heteroatoms. The predicted molar refractivity (Wildman–Crippen MR) is 83.6 cm³/mol. The highest BCUT2D eigenvalue weighted by Crippen LogP contribution is 2.39. The highest BCUT2D eigenvalue weighted by Gasteiger charge is 2.50. The third-order valence-corrected chi connectivity index (χ3v) is 4.63. The molecule has 22 heavy (non-hydrogen) atoms. The highest BCUT2D eigenvalue weighted by molar-refractivity contribution is 5.98. The van der Waals surface area contributed by atoms with Gasteiger partial charge in [0, 0.05) is 6.07 Å².